The molecule has 59 heavy (non-hydrogen) atoms. The summed E-state index contributed by atoms with van der Waals surface area (Å²) < 4.78 is 2.19. The third-order valence-corrected chi connectivity index (χ3v) is 12.3. The zero-order chi connectivity index (χ0) is 38.6. The first-order chi connectivity index (χ1) is 29.2. The maximum Gasteiger partial charge on any atom is 0.238 e. The molecule has 0 aliphatic rings. The SMILES string of the molecule is c1ccc(-c2cccc(-c3nc(-c4cc5ccc6cccc7c8cccc9ccc%10cccc(c(c4)c5c67)c%10c98)nc(-n4c5ccccc5c5ccccc54)n3)c2)cc1. The molecule has 13 aromatic rings. The van der Waals surface area contributed by atoms with Crippen molar-refractivity contribution in [3.05, 3.63) is 194 Å². The van der Waals surface area contributed by atoms with Crippen LogP contribution in [0.3, 0.4) is 0 Å². The van der Waals surface area contributed by atoms with Gasteiger partial charge in [-0.25, -0.2) is 4.98 Å². The van der Waals surface area contributed by atoms with Gasteiger partial charge in [0.05, 0.1) is 11.0 Å². The molecule has 0 aliphatic carbocycles. The molecule has 0 N–H and O–H groups in total. The maximum absolute atomic E-state index is 5.42. The van der Waals surface area contributed by atoms with Crippen molar-refractivity contribution in [2.45, 2.75) is 0 Å². The lowest BCUT2D eigenvalue weighted by molar-refractivity contribution is 0.954. The number of hydrogen-bond acceptors (Lipinski definition) is 3. The predicted molar refractivity (Wildman–Crippen MR) is 247 cm³/mol. The molecular formula is C55H32N4. The largest absolute Gasteiger partial charge is 0.278 e. The molecule has 4 heteroatoms. The normalized spacial score (nSPS) is 12.1. The van der Waals surface area contributed by atoms with Crippen LogP contribution >= 0.6 is 0 Å². The fraction of sp³-hybridized carbons (Fsp3) is 0. The fourth-order valence-electron chi connectivity index (χ4n) is 9.74. The van der Waals surface area contributed by atoms with Crippen LogP contribution in [0.15, 0.2) is 194 Å². The van der Waals surface area contributed by atoms with Crippen LogP contribution in [0.1, 0.15) is 0 Å². The Morgan fingerprint density at radius 2 is 0.729 bits per heavy atom. The Kier molecular flexibility index (Phi) is 6.69. The Bertz CT molecular complexity index is 3790. The van der Waals surface area contributed by atoms with E-state index in [-0.39, 0.29) is 0 Å². The number of aromatic nitrogens is 4. The van der Waals surface area contributed by atoms with Crippen molar-refractivity contribution in [3.8, 4) is 39.9 Å². The van der Waals surface area contributed by atoms with Crippen LogP contribution in [0.5, 0.6) is 0 Å². The van der Waals surface area contributed by atoms with E-state index in [4.69, 9.17) is 15.0 Å². The average Bonchev–Trinajstić information content (AvgIpc) is 3.64. The number of nitrogens with zero attached hydrogens (tertiary/aromatic N) is 4. The molecule has 4 nitrogen and oxygen atoms in total. The molecule has 2 aromatic heterocycles. The molecule has 0 amide bonds. The highest BCUT2D eigenvalue weighted by molar-refractivity contribution is 6.37. The van der Waals surface area contributed by atoms with E-state index in [2.05, 4.69) is 193 Å². The van der Waals surface area contributed by atoms with Crippen molar-refractivity contribution in [2.75, 3.05) is 0 Å². The van der Waals surface area contributed by atoms with Gasteiger partial charge in [0.25, 0.3) is 0 Å². The molecule has 272 valence electrons. The molecule has 2 heterocycles. The van der Waals surface area contributed by atoms with Crippen molar-refractivity contribution in [1.29, 1.82) is 0 Å². The van der Waals surface area contributed by atoms with Crippen LogP contribution in [0, 0.1) is 0 Å². The van der Waals surface area contributed by atoms with E-state index < -0.39 is 0 Å². The molecule has 0 aliphatic heterocycles. The second-order valence-electron chi connectivity index (χ2n) is 15.6. The summed E-state index contributed by atoms with van der Waals surface area (Å²) in [6.07, 6.45) is 0. The first-order valence-corrected chi connectivity index (χ1v) is 20.1. The van der Waals surface area contributed by atoms with E-state index in [1.54, 1.807) is 0 Å². The van der Waals surface area contributed by atoms with E-state index in [9.17, 15) is 0 Å². The first kappa shape index (κ1) is 32.2. The van der Waals surface area contributed by atoms with Gasteiger partial charge in [0.2, 0.25) is 5.95 Å². The zero-order valence-electron chi connectivity index (χ0n) is 31.8. The Morgan fingerprint density at radius 1 is 0.271 bits per heavy atom. The summed E-state index contributed by atoms with van der Waals surface area (Å²) in [5.74, 6) is 1.82. The smallest absolute Gasteiger partial charge is 0.238 e. The minimum absolute atomic E-state index is 0.580. The van der Waals surface area contributed by atoms with Gasteiger partial charge in [-0.3, -0.25) is 4.57 Å². The molecule has 0 fully saturated rings. The van der Waals surface area contributed by atoms with Crippen LogP contribution in [0.25, 0.3) is 126 Å². The monoisotopic (exact) mass is 748 g/mol. The summed E-state index contributed by atoms with van der Waals surface area (Å²) in [7, 11) is 0. The van der Waals surface area contributed by atoms with Gasteiger partial charge in [-0.15, -0.1) is 0 Å². The summed E-state index contributed by atoms with van der Waals surface area (Å²) in [5.41, 5.74) is 6.21. The lowest BCUT2D eigenvalue weighted by Gasteiger charge is -2.17. The van der Waals surface area contributed by atoms with Gasteiger partial charge in [0.15, 0.2) is 11.6 Å². The molecule has 0 atom stereocenters. The lowest BCUT2D eigenvalue weighted by atomic mass is 9.87. The predicted octanol–water partition coefficient (Wildman–Crippen LogP) is 14.3. The molecule has 13 rings (SSSR count). The Hall–Kier alpha value is -7.95. The Labute approximate surface area is 338 Å². The second kappa shape index (κ2) is 12.3. The van der Waals surface area contributed by atoms with E-state index in [0.29, 0.717) is 17.6 Å². The minimum Gasteiger partial charge on any atom is -0.278 e. The van der Waals surface area contributed by atoms with Crippen molar-refractivity contribution < 1.29 is 0 Å². The van der Waals surface area contributed by atoms with Crippen LogP contribution in [-0.4, -0.2) is 19.5 Å². The number of hydrogen-bond donors (Lipinski definition) is 0. The molecule has 11 aromatic carbocycles. The molecular weight excluding hydrogens is 717 g/mol. The van der Waals surface area contributed by atoms with E-state index >= 15 is 0 Å². The quantitative estimate of drug-likeness (QED) is 0.168. The van der Waals surface area contributed by atoms with Crippen LogP contribution < -0.4 is 0 Å². The highest BCUT2D eigenvalue weighted by Crippen LogP contribution is 2.44. The van der Waals surface area contributed by atoms with Crippen molar-refractivity contribution in [3.63, 3.8) is 0 Å². The highest BCUT2D eigenvalue weighted by Gasteiger charge is 2.21. The van der Waals surface area contributed by atoms with Crippen LogP contribution in [-0.2, 0) is 0 Å². The summed E-state index contributed by atoms with van der Waals surface area (Å²) in [6.45, 7) is 0. The van der Waals surface area contributed by atoms with Crippen LogP contribution in [0.4, 0.5) is 0 Å². The number of fused-ring (bicyclic) bond motifs is 5. The van der Waals surface area contributed by atoms with Gasteiger partial charge in [0.1, 0.15) is 0 Å². The van der Waals surface area contributed by atoms with Crippen molar-refractivity contribution in [1.82, 2.24) is 19.5 Å². The average molecular weight is 749 g/mol. The Balaban J connectivity index is 1.16. The molecule has 0 spiro atoms. The lowest BCUT2D eigenvalue weighted by Crippen LogP contribution is -2.06. The number of benzene rings is 10. The fourth-order valence-corrected chi connectivity index (χ4v) is 9.74. The van der Waals surface area contributed by atoms with Gasteiger partial charge in [0, 0.05) is 21.9 Å². The van der Waals surface area contributed by atoms with Gasteiger partial charge in [-0.05, 0) is 106 Å². The molecule has 0 unspecified atom stereocenters. The third-order valence-electron chi connectivity index (χ3n) is 12.3. The van der Waals surface area contributed by atoms with Crippen molar-refractivity contribution >= 4 is 86.4 Å². The van der Waals surface area contributed by atoms with Crippen LogP contribution in [0.2, 0.25) is 0 Å². The first-order valence-electron chi connectivity index (χ1n) is 20.1. The topological polar surface area (TPSA) is 43.6 Å². The standard InChI is InChI=1S/C55H32N4/c1-2-12-33(13-3-1)37-17-8-18-39(30-37)53-56-54(58-55(57-53)59-47-24-6-4-19-41(47)42-20-5-7-25-48(42)59)40-31-38-29-28-36-15-10-22-44-43-21-9-14-34-26-27-35-16-11-23-45(51(35)49(34)43)46(32-40)52(38)50(36)44/h1-32H. The van der Waals surface area contributed by atoms with E-state index in [1.807, 2.05) is 6.07 Å². The molecule has 0 radical (unpaired) electrons. The maximum atomic E-state index is 5.42. The second-order valence-corrected chi connectivity index (χ2v) is 15.6. The van der Waals surface area contributed by atoms with Gasteiger partial charge in [-0.1, -0.05) is 164 Å². The van der Waals surface area contributed by atoms with Gasteiger partial charge >= 0.3 is 0 Å². The molecule has 0 saturated carbocycles. The Morgan fingerprint density at radius 3 is 1.36 bits per heavy atom. The van der Waals surface area contributed by atoms with Crippen molar-refractivity contribution in [2.24, 2.45) is 0 Å². The van der Waals surface area contributed by atoms with Gasteiger partial charge in [-0.2, -0.15) is 9.97 Å². The summed E-state index contributed by atoms with van der Waals surface area (Å²) in [5, 5.41) is 17.1. The highest BCUT2D eigenvalue weighted by atomic mass is 15.2. The third kappa shape index (κ3) is 4.75. The summed E-state index contributed by atoms with van der Waals surface area (Å²) >= 11 is 0. The van der Waals surface area contributed by atoms with E-state index in [0.717, 1.165) is 49.4 Å². The minimum atomic E-state index is 0.580. The summed E-state index contributed by atoms with van der Waals surface area (Å²) in [4.78, 5) is 16.1. The molecule has 0 saturated heterocycles. The summed E-state index contributed by atoms with van der Waals surface area (Å²) in [6, 6.07) is 69.9. The number of rotatable bonds is 4. The van der Waals surface area contributed by atoms with Gasteiger partial charge < -0.3 is 0 Å². The van der Waals surface area contributed by atoms with E-state index in [1.165, 1.54) is 59.2 Å². The molecule has 0 bridgehead atoms. The number of para-hydroxylation sites is 2. The zero-order valence-corrected chi connectivity index (χ0v) is 31.8.